The average Bonchev–Trinajstić information content (AvgIpc) is 3.36. The molecule has 2 aromatic heterocycles. The normalized spacial score (nSPS) is 18.9. The van der Waals surface area contributed by atoms with Gasteiger partial charge in [0.05, 0.1) is 13.2 Å². The van der Waals surface area contributed by atoms with Crippen LogP contribution in [-0.2, 0) is 16.7 Å². The Bertz CT molecular complexity index is 817. The maximum absolute atomic E-state index is 5.49. The topological polar surface area (TPSA) is 61.8 Å². The summed E-state index contributed by atoms with van der Waals surface area (Å²) in [4.78, 5) is 12.9. The molecule has 1 saturated heterocycles. The molecule has 0 amide bonds. The molecule has 31 heavy (non-hydrogen) atoms. The number of nitrogens with one attached hydrogen (secondary N) is 2. The van der Waals surface area contributed by atoms with Crippen LogP contribution in [0.1, 0.15) is 42.5 Å². The molecule has 170 valence electrons. The molecule has 6 nitrogen and oxygen atoms in total. The molecule has 2 aliphatic rings. The van der Waals surface area contributed by atoms with E-state index in [0.717, 1.165) is 44.6 Å². The molecule has 3 heterocycles. The fourth-order valence-electron chi connectivity index (χ4n) is 4.60. The van der Waals surface area contributed by atoms with Crippen molar-refractivity contribution in [3.05, 3.63) is 46.3 Å². The van der Waals surface area contributed by atoms with E-state index in [4.69, 9.17) is 4.74 Å². The molecule has 2 aromatic rings. The summed E-state index contributed by atoms with van der Waals surface area (Å²) in [6.07, 6.45) is 8.34. The quantitative estimate of drug-likeness (QED) is 0.319. The van der Waals surface area contributed by atoms with E-state index in [1.165, 1.54) is 42.5 Å². The second kappa shape index (κ2) is 12.0. The number of aliphatic imine (C=N–C) groups is 1. The van der Waals surface area contributed by atoms with Crippen LogP contribution >= 0.6 is 35.3 Å². The largest absolute Gasteiger partial charge is 0.378 e. The van der Waals surface area contributed by atoms with Crippen LogP contribution in [0.5, 0.6) is 0 Å². The molecule has 0 bridgehead atoms. The Morgan fingerprint density at radius 1 is 1.16 bits per heavy atom. The number of aromatic nitrogens is 1. The lowest BCUT2D eigenvalue weighted by Crippen LogP contribution is -2.46. The van der Waals surface area contributed by atoms with Crippen LogP contribution in [0, 0.1) is 0 Å². The number of pyridine rings is 1. The van der Waals surface area contributed by atoms with Crippen molar-refractivity contribution in [1.29, 1.82) is 0 Å². The van der Waals surface area contributed by atoms with Crippen molar-refractivity contribution in [2.24, 2.45) is 4.99 Å². The highest BCUT2D eigenvalue weighted by molar-refractivity contribution is 14.0. The molecule has 0 aromatic carbocycles. The zero-order valence-corrected chi connectivity index (χ0v) is 21.5. The SMILES string of the molecule is CN=C(NCc1cccnc1N1CCOCC1)NCC1(c2cccs2)CCCCC1.I. The van der Waals surface area contributed by atoms with Gasteiger partial charge in [0, 0.05) is 55.3 Å². The van der Waals surface area contributed by atoms with Gasteiger partial charge in [0.1, 0.15) is 5.82 Å². The van der Waals surface area contributed by atoms with Gasteiger partial charge in [-0.1, -0.05) is 31.4 Å². The highest BCUT2D eigenvalue weighted by Gasteiger charge is 2.34. The summed E-state index contributed by atoms with van der Waals surface area (Å²) in [6.45, 7) is 4.93. The van der Waals surface area contributed by atoms with Gasteiger partial charge in [-0.25, -0.2) is 4.98 Å². The van der Waals surface area contributed by atoms with Crippen LogP contribution in [0.3, 0.4) is 0 Å². The van der Waals surface area contributed by atoms with E-state index in [2.05, 4.69) is 49.1 Å². The Kier molecular flexibility index (Phi) is 9.40. The molecular weight excluding hydrogens is 521 g/mol. The smallest absolute Gasteiger partial charge is 0.191 e. The van der Waals surface area contributed by atoms with Gasteiger partial charge in [-0.2, -0.15) is 0 Å². The molecule has 4 rings (SSSR count). The number of nitrogens with zero attached hydrogens (tertiary/aromatic N) is 3. The van der Waals surface area contributed by atoms with Crippen molar-refractivity contribution in [1.82, 2.24) is 15.6 Å². The summed E-state index contributed by atoms with van der Waals surface area (Å²) in [7, 11) is 1.85. The van der Waals surface area contributed by atoms with E-state index in [0.29, 0.717) is 6.54 Å². The molecule has 1 aliphatic carbocycles. The minimum Gasteiger partial charge on any atom is -0.378 e. The molecule has 1 saturated carbocycles. The molecule has 0 unspecified atom stereocenters. The maximum atomic E-state index is 5.49. The average molecular weight is 556 g/mol. The molecule has 0 spiro atoms. The van der Waals surface area contributed by atoms with Crippen molar-refractivity contribution in [2.75, 3.05) is 44.8 Å². The van der Waals surface area contributed by atoms with E-state index in [-0.39, 0.29) is 29.4 Å². The molecule has 0 radical (unpaired) electrons. The maximum Gasteiger partial charge on any atom is 0.191 e. The molecular formula is C23H34IN5OS. The van der Waals surface area contributed by atoms with E-state index in [9.17, 15) is 0 Å². The Morgan fingerprint density at radius 2 is 1.97 bits per heavy atom. The Hall–Kier alpha value is -1.39. The van der Waals surface area contributed by atoms with E-state index < -0.39 is 0 Å². The molecule has 2 N–H and O–H groups in total. The lowest BCUT2D eigenvalue weighted by atomic mass is 9.73. The third-order valence-electron chi connectivity index (χ3n) is 6.30. The first-order valence-corrected chi connectivity index (χ1v) is 11.9. The highest BCUT2D eigenvalue weighted by Crippen LogP contribution is 2.41. The van der Waals surface area contributed by atoms with Crippen molar-refractivity contribution < 1.29 is 4.74 Å². The first-order chi connectivity index (χ1) is 14.8. The lowest BCUT2D eigenvalue weighted by molar-refractivity contribution is 0.122. The Balaban J connectivity index is 0.00000272. The van der Waals surface area contributed by atoms with E-state index >= 15 is 0 Å². The summed E-state index contributed by atoms with van der Waals surface area (Å²) in [6, 6.07) is 8.63. The van der Waals surface area contributed by atoms with Crippen molar-refractivity contribution in [3.63, 3.8) is 0 Å². The number of halogens is 1. The predicted octanol–water partition coefficient (Wildman–Crippen LogP) is 4.16. The molecule has 0 atom stereocenters. The van der Waals surface area contributed by atoms with Crippen molar-refractivity contribution >= 4 is 47.1 Å². The number of ether oxygens (including phenoxy) is 1. The summed E-state index contributed by atoms with van der Waals surface area (Å²) in [5, 5.41) is 9.34. The summed E-state index contributed by atoms with van der Waals surface area (Å²) < 4.78 is 5.49. The van der Waals surface area contributed by atoms with Gasteiger partial charge in [-0.3, -0.25) is 4.99 Å². The van der Waals surface area contributed by atoms with Gasteiger partial charge in [0.2, 0.25) is 0 Å². The van der Waals surface area contributed by atoms with E-state index in [1.54, 1.807) is 0 Å². The van der Waals surface area contributed by atoms with E-state index in [1.807, 2.05) is 30.6 Å². The minimum atomic E-state index is 0. The molecule has 2 fully saturated rings. The number of hydrogen-bond acceptors (Lipinski definition) is 5. The Morgan fingerprint density at radius 3 is 2.68 bits per heavy atom. The number of guanidine groups is 1. The second-order valence-corrected chi connectivity index (χ2v) is 9.13. The van der Waals surface area contributed by atoms with Crippen LogP contribution in [-0.4, -0.2) is 50.8 Å². The second-order valence-electron chi connectivity index (χ2n) is 8.18. The van der Waals surface area contributed by atoms with Crippen LogP contribution in [0.15, 0.2) is 40.8 Å². The van der Waals surface area contributed by atoms with Crippen molar-refractivity contribution in [2.45, 2.75) is 44.1 Å². The summed E-state index contributed by atoms with van der Waals surface area (Å²) in [5.74, 6) is 1.90. The lowest BCUT2D eigenvalue weighted by Gasteiger charge is -2.37. The molecule has 8 heteroatoms. The monoisotopic (exact) mass is 555 g/mol. The Labute approximate surface area is 206 Å². The number of morpholine rings is 1. The van der Waals surface area contributed by atoms with Gasteiger partial charge in [0.25, 0.3) is 0 Å². The number of rotatable bonds is 6. The number of anilines is 1. The van der Waals surface area contributed by atoms with Gasteiger partial charge in [-0.05, 0) is 30.4 Å². The standard InChI is InChI=1S/C23H33N5OS.HI/c1-24-22(27-18-23(9-3-2-4-10-23)20-8-6-16-30-20)26-17-19-7-5-11-25-21(19)28-12-14-29-15-13-28;/h5-8,11,16H,2-4,9-10,12-15,17-18H2,1H3,(H2,24,26,27);1H. The van der Waals surface area contributed by atoms with Gasteiger partial charge < -0.3 is 20.3 Å². The predicted molar refractivity (Wildman–Crippen MR) is 140 cm³/mol. The third kappa shape index (κ3) is 6.10. The van der Waals surface area contributed by atoms with Crippen LogP contribution in [0.25, 0.3) is 0 Å². The van der Waals surface area contributed by atoms with Crippen molar-refractivity contribution in [3.8, 4) is 0 Å². The summed E-state index contributed by atoms with van der Waals surface area (Å²) in [5.41, 5.74) is 1.42. The van der Waals surface area contributed by atoms with Gasteiger partial charge in [0.15, 0.2) is 5.96 Å². The first-order valence-electron chi connectivity index (χ1n) is 11.1. The van der Waals surface area contributed by atoms with Crippen LogP contribution in [0.2, 0.25) is 0 Å². The van der Waals surface area contributed by atoms with Crippen LogP contribution in [0.4, 0.5) is 5.82 Å². The minimum absolute atomic E-state index is 0. The fourth-order valence-corrected chi connectivity index (χ4v) is 5.59. The highest BCUT2D eigenvalue weighted by atomic mass is 127. The first kappa shape index (κ1) is 24.3. The van der Waals surface area contributed by atoms with Gasteiger partial charge in [-0.15, -0.1) is 35.3 Å². The van der Waals surface area contributed by atoms with Gasteiger partial charge >= 0.3 is 0 Å². The number of thiophene rings is 1. The molecule has 1 aliphatic heterocycles. The summed E-state index contributed by atoms with van der Waals surface area (Å²) >= 11 is 1.89. The van der Waals surface area contributed by atoms with Crippen LogP contribution < -0.4 is 15.5 Å². The fraction of sp³-hybridized carbons (Fsp3) is 0.565. The third-order valence-corrected chi connectivity index (χ3v) is 7.41. The number of hydrogen-bond donors (Lipinski definition) is 2. The zero-order chi connectivity index (χ0) is 20.7. The zero-order valence-electron chi connectivity index (χ0n) is 18.3.